The van der Waals surface area contributed by atoms with E-state index in [2.05, 4.69) is 5.32 Å². The van der Waals surface area contributed by atoms with Crippen molar-refractivity contribution < 1.29 is 23.0 Å². The second-order valence-corrected chi connectivity index (χ2v) is 7.07. The molecule has 0 radical (unpaired) electrons. The van der Waals surface area contributed by atoms with Crippen LogP contribution in [0.4, 0.5) is 13.2 Å². The zero-order valence-electron chi connectivity index (χ0n) is 16.8. The summed E-state index contributed by atoms with van der Waals surface area (Å²) in [5, 5.41) is 13.4. The summed E-state index contributed by atoms with van der Waals surface area (Å²) in [6, 6.07) is 19.9. The maximum Gasteiger partial charge on any atom is 0.416 e. The van der Waals surface area contributed by atoms with Crippen LogP contribution in [0.5, 0.6) is 5.75 Å². The fourth-order valence-electron chi connectivity index (χ4n) is 3.40. The van der Waals surface area contributed by atoms with E-state index in [1.807, 2.05) is 49.4 Å². The molecule has 3 aromatic rings. The lowest BCUT2D eigenvalue weighted by Crippen LogP contribution is -2.27. The van der Waals surface area contributed by atoms with E-state index >= 15 is 0 Å². The summed E-state index contributed by atoms with van der Waals surface area (Å²) in [5.74, 6) is 0.548. The van der Waals surface area contributed by atoms with Crippen molar-refractivity contribution in [3.8, 4) is 16.9 Å². The molecule has 0 aliphatic carbocycles. The Morgan fingerprint density at radius 2 is 1.60 bits per heavy atom. The van der Waals surface area contributed by atoms with Crippen molar-refractivity contribution in [1.29, 1.82) is 0 Å². The van der Waals surface area contributed by atoms with Crippen molar-refractivity contribution in [3.05, 3.63) is 89.5 Å². The number of ether oxygens (including phenoxy) is 1. The van der Waals surface area contributed by atoms with Gasteiger partial charge in [-0.05, 0) is 47.9 Å². The van der Waals surface area contributed by atoms with Crippen molar-refractivity contribution in [3.63, 3.8) is 0 Å². The van der Waals surface area contributed by atoms with Gasteiger partial charge in [0.05, 0.1) is 25.3 Å². The Kier molecular flexibility index (Phi) is 6.80. The van der Waals surface area contributed by atoms with Crippen LogP contribution in [-0.4, -0.2) is 18.8 Å². The Morgan fingerprint density at radius 3 is 2.17 bits per heavy atom. The number of alkyl halides is 3. The zero-order chi connectivity index (χ0) is 21.7. The quantitative estimate of drug-likeness (QED) is 0.515. The number of hydrogen-bond acceptors (Lipinski definition) is 3. The molecule has 158 valence electrons. The minimum absolute atomic E-state index is 0.0000271. The molecule has 2 unspecified atom stereocenters. The van der Waals surface area contributed by atoms with Crippen molar-refractivity contribution in [2.24, 2.45) is 0 Å². The molecular formula is C24H24F3NO2. The number of methoxy groups -OCH3 is 1. The van der Waals surface area contributed by atoms with Gasteiger partial charge in [-0.15, -0.1) is 0 Å². The van der Waals surface area contributed by atoms with Crippen LogP contribution in [0.1, 0.15) is 35.7 Å². The predicted molar refractivity (Wildman–Crippen MR) is 111 cm³/mol. The highest BCUT2D eigenvalue weighted by Crippen LogP contribution is 2.35. The molecule has 0 saturated heterocycles. The minimum atomic E-state index is -4.38. The third-order valence-electron chi connectivity index (χ3n) is 5.08. The average Bonchev–Trinajstić information content (AvgIpc) is 2.77. The van der Waals surface area contributed by atoms with Crippen LogP contribution >= 0.6 is 0 Å². The molecule has 30 heavy (non-hydrogen) atoms. The maximum absolute atomic E-state index is 12.9. The van der Waals surface area contributed by atoms with Crippen LogP contribution < -0.4 is 10.1 Å². The summed E-state index contributed by atoms with van der Waals surface area (Å²) in [4.78, 5) is 0. The Bertz CT molecular complexity index is 956. The molecule has 0 fully saturated rings. The molecule has 3 aromatic carbocycles. The lowest BCUT2D eigenvalue weighted by atomic mass is 9.97. The minimum Gasteiger partial charge on any atom is -0.496 e. The number of nitrogens with one attached hydrogen (secondary N) is 1. The molecule has 0 heterocycles. The normalized spacial score (nSPS) is 13.7. The van der Waals surface area contributed by atoms with Crippen LogP contribution in [0.25, 0.3) is 11.1 Å². The summed E-state index contributed by atoms with van der Waals surface area (Å²) in [6.07, 6.45) is -4.38. The van der Waals surface area contributed by atoms with Crippen molar-refractivity contribution >= 4 is 0 Å². The molecule has 2 atom stereocenters. The summed E-state index contributed by atoms with van der Waals surface area (Å²) in [7, 11) is 1.52. The number of aliphatic hydroxyl groups is 1. The summed E-state index contributed by atoms with van der Waals surface area (Å²) < 4.78 is 44.1. The van der Waals surface area contributed by atoms with Crippen LogP contribution in [0, 0.1) is 0 Å². The lowest BCUT2D eigenvalue weighted by molar-refractivity contribution is -0.137. The number of rotatable bonds is 7. The topological polar surface area (TPSA) is 41.5 Å². The van der Waals surface area contributed by atoms with E-state index in [0.717, 1.165) is 23.3 Å². The van der Waals surface area contributed by atoms with E-state index in [1.54, 1.807) is 6.07 Å². The van der Waals surface area contributed by atoms with Gasteiger partial charge in [0.25, 0.3) is 0 Å². The fraction of sp³-hybridized carbons (Fsp3) is 0.250. The SMILES string of the molecule is COc1ccc(C(CO)NC(C)c2ccccc2)cc1-c1ccc(C(F)(F)F)cc1. The molecule has 0 saturated carbocycles. The van der Waals surface area contributed by atoms with Gasteiger partial charge in [0.1, 0.15) is 5.75 Å². The third kappa shape index (κ3) is 5.01. The zero-order valence-corrected chi connectivity index (χ0v) is 16.8. The molecule has 3 rings (SSSR count). The second-order valence-electron chi connectivity index (χ2n) is 7.07. The van der Waals surface area contributed by atoms with Gasteiger partial charge >= 0.3 is 6.18 Å². The fourth-order valence-corrected chi connectivity index (χ4v) is 3.40. The van der Waals surface area contributed by atoms with Gasteiger partial charge in [0, 0.05) is 11.6 Å². The van der Waals surface area contributed by atoms with Crippen molar-refractivity contribution in [2.45, 2.75) is 25.2 Å². The van der Waals surface area contributed by atoms with Gasteiger partial charge < -0.3 is 15.2 Å². The average molecular weight is 415 g/mol. The number of halogens is 3. The highest BCUT2D eigenvalue weighted by molar-refractivity contribution is 5.71. The third-order valence-corrected chi connectivity index (χ3v) is 5.08. The van der Waals surface area contributed by atoms with E-state index < -0.39 is 11.7 Å². The van der Waals surface area contributed by atoms with E-state index in [-0.39, 0.29) is 18.7 Å². The Hall–Kier alpha value is -2.83. The highest BCUT2D eigenvalue weighted by atomic mass is 19.4. The van der Waals surface area contributed by atoms with Crippen LogP contribution in [0.3, 0.4) is 0 Å². The first-order chi connectivity index (χ1) is 14.3. The van der Waals surface area contributed by atoms with Crippen molar-refractivity contribution in [2.75, 3.05) is 13.7 Å². The largest absolute Gasteiger partial charge is 0.496 e. The van der Waals surface area contributed by atoms with E-state index in [4.69, 9.17) is 4.74 Å². The standard InChI is InChI=1S/C24H24F3NO2/c1-16(17-6-4-3-5-7-17)28-22(15-29)19-10-13-23(30-2)21(14-19)18-8-11-20(12-9-18)24(25,26)27/h3-14,16,22,28-29H,15H2,1-2H3. The predicted octanol–water partition coefficient (Wildman–Crippen LogP) is 5.77. The van der Waals surface area contributed by atoms with Crippen LogP contribution in [0.2, 0.25) is 0 Å². The summed E-state index contributed by atoms with van der Waals surface area (Å²) in [5.41, 5.74) is 2.47. The Labute approximate surface area is 174 Å². The summed E-state index contributed by atoms with van der Waals surface area (Å²) in [6.45, 7) is 1.88. The van der Waals surface area contributed by atoms with Crippen LogP contribution in [0.15, 0.2) is 72.8 Å². The maximum atomic E-state index is 12.9. The van der Waals surface area contributed by atoms with E-state index in [0.29, 0.717) is 16.9 Å². The van der Waals surface area contributed by atoms with Gasteiger partial charge in [0.2, 0.25) is 0 Å². The number of benzene rings is 3. The highest BCUT2D eigenvalue weighted by Gasteiger charge is 2.30. The molecule has 0 aliphatic heterocycles. The molecule has 0 bridgehead atoms. The number of hydrogen-bond donors (Lipinski definition) is 2. The van der Waals surface area contributed by atoms with Gasteiger partial charge in [-0.1, -0.05) is 48.5 Å². The molecule has 0 aromatic heterocycles. The van der Waals surface area contributed by atoms with Gasteiger partial charge in [-0.2, -0.15) is 13.2 Å². The van der Waals surface area contributed by atoms with Crippen molar-refractivity contribution in [1.82, 2.24) is 5.32 Å². The lowest BCUT2D eigenvalue weighted by Gasteiger charge is -2.23. The molecule has 2 N–H and O–H groups in total. The Morgan fingerprint density at radius 1 is 0.933 bits per heavy atom. The molecule has 0 amide bonds. The first kappa shape index (κ1) is 21.9. The van der Waals surface area contributed by atoms with E-state index in [1.165, 1.54) is 19.2 Å². The smallest absolute Gasteiger partial charge is 0.416 e. The van der Waals surface area contributed by atoms with Gasteiger partial charge in [-0.3, -0.25) is 0 Å². The van der Waals surface area contributed by atoms with Crippen LogP contribution in [-0.2, 0) is 6.18 Å². The molecular weight excluding hydrogens is 391 g/mol. The summed E-state index contributed by atoms with van der Waals surface area (Å²) >= 11 is 0. The monoisotopic (exact) mass is 415 g/mol. The number of aliphatic hydroxyl groups excluding tert-OH is 1. The van der Waals surface area contributed by atoms with E-state index in [9.17, 15) is 18.3 Å². The second kappa shape index (κ2) is 9.32. The molecule has 6 heteroatoms. The van der Waals surface area contributed by atoms with Gasteiger partial charge in [-0.25, -0.2) is 0 Å². The molecule has 0 spiro atoms. The molecule has 0 aliphatic rings. The molecule has 3 nitrogen and oxygen atoms in total. The first-order valence-corrected chi connectivity index (χ1v) is 9.61. The Balaban J connectivity index is 1.91. The van der Waals surface area contributed by atoms with Gasteiger partial charge in [0.15, 0.2) is 0 Å². The first-order valence-electron chi connectivity index (χ1n) is 9.61.